The Kier molecular flexibility index (Phi) is 4.62. The van der Waals surface area contributed by atoms with E-state index >= 15 is 0 Å². The molecule has 4 heteroatoms. The Morgan fingerprint density at radius 1 is 1.00 bits per heavy atom. The largest absolute Gasteiger partial charge is 0.354 e. The third kappa shape index (κ3) is 3.30. The van der Waals surface area contributed by atoms with E-state index in [4.69, 9.17) is 0 Å². The number of piperazine rings is 1. The van der Waals surface area contributed by atoms with Crippen LogP contribution in [0.2, 0.25) is 0 Å². The molecule has 1 aliphatic heterocycles. The van der Waals surface area contributed by atoms with Crippen molar-refractivity contribution >= 4 is 10.9 Å². The Labute approximate surface area is 154 Å². The zero-order valence-electron chi connectivity index (χ0n) is 15.6. The number of hydrogen-bond donors (Lipinski definition) is 3. The van der Waals surface area contributed by atoms with Crippen LogP contribution in [0, 0.1) is 6.92 Å². The lowest BCUT2D eigenvalue weighted by Gasteiger charge is -2.27. The van der Waals surface area contributed by atoms with E-state index in [1.54, 1.807) is 4.90 Å². The Hall–Kier alpha value is -2.43. The highest BCUT2D eigenvalue weighted by atomic mass is 16.1. The van der Waals surface area contributed by atoms with Gasteiger partial charge in [-0.05, 0) is 24.6 Å². The minimum atomic E-state index is 0.181. The summed E-state index contributed by atoms with van der Waals surface area (Å²) in [6, 6.07) is 16.3. The van der Waals surface area contributed by atoms with Crippen molar-refractivity contribution in [2.24, 2.45) is 0 Å². The summed E-state index contributed by atoms with van der Waals surface area (Å²) in [6.07, 6.45) is 0. The van der Waals surface area contributed by atoms with Gasteiger partial charge in [0.05, 0.1) is 18.3 Å². The van der Waals surface area contributed by atoms with E-state index in [-0.39, 0.29) is 5.43 Å². The van der Waals surface area contributed by atoms with Crippen LogP contribution >= 0.6 is 0 Å². The standard InChI is InChI=1S/C22H25N3O/c1-16-8-9-20-18(14-16)22(26)19(15-25-12-10-24(2)11-13-25)21(23-20)17-6-4-3-5-7-17/h3-9,14H,10-13,15H2,1-2H3,(H,23,26)/p+2. The predicted molar refractivity (Wildman–Crippen MR) is 106 cm³/mol. The number of fused-ring (bicyclic) bond motifs is 1. The first kappa shape index (κ1) is 17.0. The van der Waals surface area contributed by atoms with Gasteiger partial charge in [-0.1, -0.05) is 42.0 Å². The van der Waals surface area contributed by atoms with Crippen molar-refractivity contribution in [2.75, 3.05) is 33.2 Å². The molecule has 4 nitrogen and oxygen atoms in total. The molecule has 0 unspecified atom stereocenters. The highest BCUT2D eigenvalue weighted by Crippen LogP contribution is 2.22. The van der Waals surface area contributed by atoms with Crippen LogP contribution in [0.1, 0.15) is 11.1 Å². The number of hydrogen-bond acceptors (Lipinski definition) is 1. The summed E-state index contributed by atoms with van der Waals surface area (Å²) >= 11 is 0. The number of H-pyrrole nitrogens is 1. The molecule has 2 heterocycles. The molecule has 0 radical (unpaired) electrons. The maximum absolute atomic E-state index is 13.4. The van der Waals surface area contributed by atoms with Gasteiger partial charge in [0.25, 0.3) is 0 Å². The maximum atomic E-state index is 13.4. The summed E-state index contributed by atoms with van der Waals surface area (Å²) in [5.74, 6) is 0. The van der Waals surface area contributed by atoms with Crippen LogP contribution < -0.4 is 15.2 Å². The number of benzene rings is 2. The second-order valence-electron chi connectivity index (χ2n) is 7.61. The Morgan fingerprint density at radius 3 is 2.46 bits per heavy atom. The number of quaternary nitrogens is 2. The normalized spacial score (nSPS) is 20.4. The molecule has 0 amide bonds. The van der Waals surface area contributed by atoms with E-state index in [0.29, 0.717) is 0 Å². The van der Waals surface area contributed by atoms with Crippen LogP contribution in [0.15, 0.2) is 53.3 Å². The molecule has 134 valence electrons. The Bertz CT molecular complexity index is 970. The Morgan fingerprint density at radius 2 is 1.73 bits per heavy atom. The molecule has 26 heavy (non-hydrogen) atoms. The molecule has 1 aromatic heterocycles. The molecule has 0 atom stereocenters. The first-order chi connectivity index (χ1) is 12.6. The van der Waals surface area contributed by atoms with Gasteiger partial charge in [-0.25, -0.2) is 0 Å². The lowest BCUT2D eigenvalue weighted by molar-refractivity contribution is -1.01. The molecule has 3 aromatic rings. The summed E-state index contributed by atoms with van der Waals surface area (Å²) in [7, 11) is 2.25. The van der Waals surface area contributed by atoms with Gasteiger partial charge in [0.15, 0.2) is 5.43 Å². The van der Waals surface area contributed by atoms with Crippen LogP contribution in [0.3, 0.4) is 0 Å². The molecule has 0 spiro atoms. The predicted octanol–water partition coefficient (Wildman–Crippen LogP) is 0.417. The fourth-order valence-corrected chi connectivity index (χ4v) is 3.92. The number of rotatable bonds is 3. The molecular weight excluding hydrogens is 322 g/mol. The van der Waals surface area contributed by atoms with E-state index in [1.807, 2.05) is 37.3 Å². The number of likely N-dealkylation sites (N-methyl/N-ethyl adjacent to an activating group) is 1. The number of pyridine rings is 1. The minimum Gasteiger partial charge on any atom is -0.354 e. The van der Waals surface area contributed by atoms with Gasteiger partial charge in [0.2, 0.25) is 0 Å². The third-order valence-corrected chi connectivity index (χ3v) is 5.56. The van der Waals surface area contributed by atoms with Crippen LogP contribution in [0.4, 0.5) is 0 Å². The molecule has 1 fully saturated rings. The minimum absolute atomic E-state index is 0.181. The van der Waals surface area contributed by atoms with Crippen LogP contribution in [0.25, 0.3) is 22.2 Å². The third-order valence-electron chi connectivity index (χ3n) is 5.56. The average molecular weight is 349 g/mol. The van der Waals surface area contributed by atoms with Gasteiger partial charge in [-0.15, -0.1) is 0 Å². The number of nitrogens with one attached hydrogen (secondary N) is 3. The number of aryl methyl sites for hydroxylation is 1. The smallest absolute Gasteiger partial charge is 0.198 e. The summed E-state index contributed by atoms with van der Waals surface area (Å²) in [6.45, 7) is 7.40. The topological polar surface area (TPSA) is 41.7 Å². The average Bonchev–Trinajstić information content (AvgIpc) is 2.66. The SMILES string of the molecule is Cc1ccc2[nH]c(-c3ccccc3)c(C[NH+]3CC[NH+](C)CC3)c(=O)c2c1. The quantitative estimate of drug-likeness (QED) is 0.630. The van der Waals surface area contributed by atoms with Crippen LogP contribution in [0.5, 0.6) is 0 Å². The van der Waals surface area contributed by atoms with E-state index in [2.05, 4.69) is 30.2 Å². The summed E-state index contributed by atoms with van der Waals surface area (Å²) < 4.78 is 0. The van der Waals surface area contributed by atoms with Gasteiger partial charge >= 0.3 is 0 Å². The molecule has 3 N–H and O–H groups in total. The fourth-order valence-electron chi connectivity index (χ4n) is 3.92. The van der Waals surface area contributed by atoms with Crippen LogP contribution in [-0.4, -0.2) is 38.2 Å². The van der Waals surface area contributed by atoms with Gasteiger partial charge < -0.3 is 14.8 Å². The number of aromatic amines is 1. The summed E-state index contributed by atoms with van der Waals surface area (Å²) in [5.41, 5.74) is 5.20. The molecular formula is C22H27N3O+2. The highest BCUT2D eigenvalue weighted by Gasteiger charge is 2.24. The van der Waals surface area contributed by atoms with Gasteiger partial charge in [-0.2, -0.15) is 0 Å². The molecule has 0 bridgehead atoms. The van der Waals surface area contributed by atoms with Gasteiger partial charge in [-0.3, -0.25) is 4.79 Å². The van der Waals surface area contributed by atoms with Crippen molar-refractivity contribution in [2.45, 2.75) is 13.5 Å². The lowest BCUT2D eigenvalue weighted by atomic mass is 10.0. The fraction of sp³-hybridized carbons (Fsp3) is 0.318. The van der Waals surface area contributed by atoms with Crippen molar-refractivity contribution in [3.8, 4) is 11.3 Å². The molecule has 1 aliphatic rings. The van der Waals surface area contributed by atoms with Crippen molar-refractivity contribution in [3.63, 3.8) is 0 Å². The van der Waals surface area contributed by atoms with Crippen molar-refractivity contribution in [1.82, 2.24) is 4.98 Å². The summed E-state index contributed by atoms with van der Waals surface area (Å²) in [5, 5.41) is 0.804. The maximum Gasteiger partial charge on any atom is 0.198 e. The van der Waals surface area contributed by atoms with Gasteiger partial charge in [0, 0.05) is 10.9 Å². The molecule has 1 saturated heterocycles. The zero-order chi connectivity index (χ0) is 18.1. The first-order valence-corrected chi connectivity index (χ1v) is 9.47. The van der Waals surface area contributed by atoms with E-state index < -0.39 is 0 Å². The van der Waals surface area contributed by atoms with Crippen LogP contribution in [-0.2, 0) is 6.54 Å². The monoisotopic (exact) mass is 349 g/mol. The molecule has 0 saturated carbocycles. The van der Waals surface area contributed by atoms with E-state index in [0.717, 1.165) is 52.9 Å². The molecule has 2 aromatic carbocycles. The second-order valence-corrected chi connectivity index (χ2v) is 7.61. The van der Waals surface area contributed by atoms with Gasteiger partial charge in [0.1, 0.15) is 32.7 Å². The highest BCUT2D eigenvalue weighted by molar-refractivity contribution is 5.83. The van der Waals surface area contributed by atoms with E-state index in [9.17, 15) is 4.79 Å². The van der Waals surface area contributed by atoms with Crippen molar-refractivity contribution in [3.05, 3.63) is 69.9 Å². The lowest BCUT2D eigenvalue weighted by Crippen LogP contribution is -3.26. The van der Waals surface area contributed by atoms with E-state index in [1.165, 1.54) is 18.0 Å². The van der Waals surface area contributed by atoms with Crippen molar-refractivity contribution in [1.29, 1.82) is 0 Å². The number of aromatic nitrogens is 1. The molecule has 4 rings (SSSR count). The summed E-state index contributed by atoms with van der Waals surface area (Å²) in [4.78, 5) is 20.0. The first-order valence-electron chi connectivity index (χ1n) is 9.47. The second kappa shape index (κ2) is 7.06. The zero-order valence-corrected chi connectivity index (χ0v) is 15.6. The molecule has 0 aliphatic carbocycles. The Balaban J connectivity index is 1.85. The van der Waals surface area contributed by atoms with Crippen molar-refractivity contribution < 1.29 is 9.80 Å².